The summed E-state index contributed by atoms with van der Waals surface area (Å²) < 4.78 is 5.44. The van der Waals surface area contributed by atoms with E-state index >= 15 is 0 Å². The van der Waals surface area contributed by atoms with Gasteiger partial charge in [0.05, 0.1) is 24.8 Å². The molecule has 4 rings (SSSR count). The standard InChI is InChI=1S/C24H29N3O4/c1-31-21-10-6-5-9-20(21)26-13-15-27(16-14-26)22(29)19(17-28)25-23(30)24(11-12-24)18-7-3-2-4-8-18/h2-10,19,28H,11-17H2,1H3,(H,25,30). The van der Waals surface area contributed by atoms with Crippen molar-refractivity contribution in [2.24, 2.45) is 0 Å². The fourth-order valence-corrected chi connectivity index (χ4v) is 4.29. The number of ether oxygens (including phenoxy) is 1. The van der Waals surface area contributed by atoms with Gasteiger partial charge in [-0.2, -0.15) is 0 Å². The highest BCUT2D eigenvalue weighted by atomic mass is 16.5. The number of carbonyl (C=O) groups is 2. The van der Waals surface area contributed by atoms with Gasteiger partial charge in [0, 0.05) is 26.2 Å². The normalized spacial score (nSPS) is 18.3. The smallest absolute Gasteiger partial charge is 0.247 e. The van der Waals surface area contributed by atoms with E-state index in [9.17, 15) is 14.7 Å². The summed E-state index contributed by atoms with van der Waals surface area (Å²) in [5.74, 6) is 0.386. The molecule has 0 aromatic heterocycles. The first-order valence-electron chi connectivity index (χ1n) is 10.7. The molecule has 7 nitrogen and oxygen atoms in total. The lowest BCUT2D eigenvalue weighted by Crippen LogP contribution is -2.57. The number of carbonyl (C=O) groups excluding carboxylic acids is 2. The van der Waals surface area contributed by atoms with E-state index in [0.29, 0.717) is 26.2 Å². The number of hydrogen-bond acceptors (Lipinski definition) is 5. The van der Waals surface area contributed by atoms with Crippen LogP contribution in [0.4, 0.5) is 5.69 Å². The van der Waals surface area contributed by atoms with Crippen molar-refractivity contribution in [3.05, 3.63) is 60.2 Å². The van der Waals surface area contributed by atoms with Crippen molar-refractivity contribution in [2.75, 3.05) is 44.8 Å². The molecule has 1 aliphatic carbocycles. The summed E-state index contributed by atoms with van der Waals surface area (Å²) in [5, 5.41) is 12.7. The Morgan fingerprint density at radius 3 is 2.29 bits per heavy atom. The van der Waals surface area contributed by atoms with E-state index in [4.69, 9.17) is 4.74 Å². The first kappa shape index (κ1) is 21.2. The van der Waals surface area contributed by atoms with Gasteiger partial charge < -0.3 is 25.0 Å². The summed E-state index contributed by atoms with van der Waals surface area (Å²) in [6.07, 6.45) is 1.51. The molecule has 2 aliphatic rings. The van der Waals surface area contributed by atoms with E-state index < -0.39 is 18.1 Å². The van der Waals surface area contributed by atoms with Crippen molar-refractivity contribution in [3.63, 3.8) is 0 Å². The number of aliphatic hydroxyl groups excluding tert-OH is 1. The lowest BCUT2D eigenvalue weighted by atomic mass is 9.94. The molecule has 0 radical (unpaired) electrons. The molecule has 31 heavy (non-hydrogen) atoms. The number of nitrogens with one attached hydrogen (secondary N) is 1. The molecule has 2 aromatic rings. The number of amides is 2. The number of aliphatic hydroxyl groups is 1. The number of rotatable bonds is 7. The Balaban J connectivity index is 1.37. The second-order valence-corrected chi connectivity index (χ2v) is 8.14. The largest absolute Gasteiger partial charge is 0.495 e. The SMILES string of the molecule is COc1ccccc1N1CCN(C(=O)C(CO)NC(=O)C2(c3ccccc3)CC2)CC1. The first-order valence-corrected chi connectivity index (χ1v) is 10.7. The molecular weight excluding hydrogens is 394 g/mol. The van der Waals surface area contributed by atoms with Gasteiger partial charge >= 0.3 is 0 Å². The number of nitrogens with zero attached hydrogens (tertiary/aromatic N) is 2. The molecule has 1 aliphatic heterocycles. The molecule has 1 atom stereocenters. The average molecular weight is 424 g/mol. The van der Waals surface area contributed by atoms with E-state index in [1.54, 1.807) is 12.0 Å². The molecule has 1 unspecified atom stereocenters. The lowest BCUT2D eigenvalue weighted by Gasteiger charge is -2.38. The summed E-state index contributed by atoms with van der Waals surface area (Å²) in [7, 11) is 1.65. The summed E-state index contributed by atoms with van der Waals surface area (Å²) in [5.41, 5.74) is 1.39. The summed E-state index contributed by atoms with van der Waals surface area (Å²) in [6, 6.07) is 16.5. The van der Waals surface area contributed by atoms with Crippen LogP contribution in [0.15, 0.2) is 54.6 Å². The number of para-hydroxylation sites is 2. The van der Waals surface area contributed by atoms with Gasteiger partial charge in [0.1, 0.15) is 11.8 Å². The minimum Gasteiger partial charge on any atom is -0.495 e. The van der Waals surface area contributed by atoms with Crippen molar-refractivity contribution < 1.29 is 19.4 Å². The summed E-state index contributed by atoms with van der Waals surface area (Å²) >= 11 is 0. The maximum absolute atomic E-state index is 13.0. The minimum absolute atomic E-state index is 0.182. The van der Waals surface area contributed by atoms with E-state index in [1.807, 2.05) is 54.6 Å². The van der Waals surface area contributed by atoms with Gasteiger partial charge in [0.15, 0.2) is 0 Å². The third-order valence-electron chi connectivity index (χ3n) is 6.31. The van der Waals surface area contributed by atoms with Gasteiger partial charge in [0.2, 0.25) is 11.8 Å². The van der Waals surface area contributed by atoms with Crippen LogP contribution in [-0.2, 0) is 15.0 Å². The van der Waals surface area contributed by atoms with Crippen LogP contribution in [0.1, 0.15) is 18.4 Å². The van der Waals surface area contributed by atoms with Crippen LogP contribution in [0.3, 0.4) is 0 Å². The topological polar surface area (TPSA) is 82.1 Å². The quantitative estimate of drug-likeness (QED) is 0.706. The fraction of sp³-hybridized carbons (Fsp3) is 0.417. The maximum Gasteiger partial charge on any atom is 0.247 e. The Morgan fingerprint density at radius 2 is 1.68 bits per heavy atom. The number of anilines is 1. The van der Waals surface area contributed by atoms with E-state index in [2.05, 4.69) is 10.2 Å². The molecule has 2 aromatic carbocycles. The zero-order chi connectivity index (χ0) is 21.8. The highest BCUT2D eigenvalue weighted by molar-refractivity contribution is 5.95. The van der Waals surface area contributed by atoms with Crippen LogP contribution in [-0.4, -0.2) is 67.8 Å². The second-order valence-electron chi connectivity index (χ2n) is 8.14. The average Bonchev–Trinajstić information content (AvgIpc) is 3.65. The Hall–Kier alpha value is -3.06. The van der Waals surface area contributed by atoms with Crippen molar-refractivity contribution >= 4 is 17.5 Å². The van der Waals surface area contributed by atoms with Crippen molar-refractivity contribution in [1.29, 1.82) is 0 Å². The number of hydrogen-bond donors (Lipinski definition) is 2. The molecule has 0 bridgehead atoms. The van der Waals surface area contributed by atoms with Crippen LogP contribution >= 0.6 is 0 Å². The van der Waals surface area contributed by atoms with Crippen LogP contribution in [0.5, 0.6) is 5.75 Å². The predicted molar refractivity (Wildman–Crippen MR) is 118 cm³/mol. The molecule has 0 spiro atoms. The molecule has 1 saturated heterocycles. The Kier molecular flexibility index (Phi) is 6.13. The van der Waals surface area contributed by atoms with Crippen LogP contribution in [0.25, 0.3) is 0 Å². The first-order chi connectivity index (χ1) is 15.1. The minimum atomic E-state index is -0.925. The third kappa shape index (κ3) is 4.23. The Labute approximate surface area is 182 Å². The summed E-state index contributed by atoms with van der Waals surface area (Å²) in [4.78, 5) is 29.9. The molecule has 2 N–H and O–H groups in total. The number of piperazine rings is 1. The Morgan fingerprint density at radius 1 is 1.03 bits per heavy atom. The molecule has 7 heteroatoms. The number of methoxy groups -OCH3 is 1. The summed E-state index contributed by atoms with van der Waals surface area (Å²) in [6.45, 7) is 1.95. The van der Waals surface area contributed by atoms with Crippen LogP contribution in [0.2, 0.25) is 0 Å². The monoisotopic (exact) mass is 423 g/mol. The maximum atomic E-state index is 13.0. The van der Waals surface area contributed by atoms with Gasteiger partial charge in [-0.1, -0.05) is 42.5 Å². The Bertz CT molecular complexity index is 921. The molecule has 164 valence electrons. The third-order valence-corrected chi connectivity index (χ3v) is 6.31. The van der Waals surface area contributed by atoms with Crippen LogP contribution in [0, 0.1) is 0 Å². The predicted octanol–water partition coefficient (Wildman–Crippen LogP) is 1.55. The molecule has 1 heterocycles. The van der Waals surface area contributed by atoms with Gasteiger partial charge in [-0.3, -0.25) is 9.59 Å². The highest BCUT2D eigenvalue weighted by Gasteiger charge is 2.52. The zero-order valence-corrected chi connectivity index (χ0v) is 17.8. The van der Waals surface area contributed by atoms with E-state index in [-0.39, 0.29) is 11.8 Å². The second kappa shape index (κ2) is 8.98. The van der Waals surface area contributed by atoms with Gasteiger partial charge in [-0.15, -0.1) is 0 Å². The lowest BCUT2D eigenvalue weighted by molar-refractivity contribution is -0.138. The molecular formula is C24H29N3O4. The van der Waals surface area contributed by atoms with Crippen molar-refractivity contribution in [1.82, 2.24) is 10.2 Å². The van der Waals surface area contributed by atoms with Crippen molar-refractivity contribution in [2.45, 2.75) is 24.3 Å². The molecule has 2 fully saturated rings. The van der Waals surface area contributed by atoms with Crippen molar-refractivity contribution in [3.8, 4) is 5.75 Å². The number of benzene rings is 2. The fourth-order valence-electron chi connectivity index (χ4n) is 4.29. The molecule has 1 saturated carbocycles. The highest BCUT2D eigenvalue weighted by Crippen LogP contribution is 2.48. The zero-order valence-electron chi connectivity index (χ0n) is 17.8. The van der Waals surface area contributed by atoms with E-state index in [0.717, 1.165) is 29.8 Å². The van der Waals surface area contributed by atoms with Crippen LogP contribution < -0.4 is 15.0 Å². The van der Waals surface area contributed by atoms with E-state index in [1.165, 1.54) is 0 Å². The van der Waals surface area contributed by atoms with Gasteiger partial charge in [0.25, 0.3) is 0 Å². The molecule has 2 amide bonds. The van der Waals surface area contributed by atoms with Gasteiger partial charge in [-0.05, 0) is 30.5 Å². The van der Waals surface area contributed by atoms with Gasteiger partial charge in [-0.25, -0.2) is 0 Å².